The van der Waals surface area contributed by atoms with Crippen molar-refractivity contribution in [2.45, 2.75) is 6.54 Å². The van der Waals surface area contributed by atoms with Crippen LogP contribution in [0.25, 0.3) is 10.8 Å². The molecule has 0 aliphatic heterocycles. The molecule has 0 aliphatic rings. The lowest BCUT2D eigenvalue weighted by molar-refractivity contribution is -0.684. The maximum absolute atomic E-state index is 15.4. The molecule has 1 aromatic heterocycles. The first kappa shape index (κ1) is 53.4. The number of hydrogen-bond acceptors (Lipinski definition) is 4. The number of hydrogen-bond donors (Lipinski definition) is 1. The standard InChI is InChI=1S/C24BF20.C24H17NO4/c26-5-1(6(27)14(35)21(42)13(5)34)25(2-7(28)15(36)22(43)16(37)8(2)29,3-9(30)17(38)23(44)18(39)10(3)31)4-11(32)19(40)24(45)20(41)12(4)33;26-19-10-12-20(13-11-19)29-24(28)23-21-9-5-4-6-17(21)14-15-25(23)16-22(27)18-7-2-1-3-8-18/h;1-15H,16H2/q-1;/p+1. The molecule has 0 unspecified atom stereocenters. The van der Waals surface area contributed by atoms with Crippen LogP contribution in [0.5, 0.6) is 11.5 Å². The van der Waals surface area contributed by atoms with E-state index in [4.69, 9.17) is 4.74 Å². The van der Waals surface area contributed by atoms with Gasteiger partial charge in [-0.15, -0.1) is 21.9 Å². The number of fused-ring (bicyclic) bond motifs is 1. The second-order valence-corrected chi connectivity index (χ2v) is 15.4. The van der Waals surface area contributed by atoms with E-state index in [2.05, 4.69) is 0 Å². The monoisotopic (exact) mass is 1060 g/mol. The second-order valence-electron chi connectivity index (χ2n) is 15.4. The van der Waals surface area contributed by atoms with Crippen LogP contribution in [0.2, 0.25) is 0 Å². The number of aromatic nitrogens is 1. The lowest BCUT2D eigenvalue weighted by atomic mass is 9.12. The zero-order chi connectivity index (χ0) is 54.6. The van der Waals surface area contributed by atoms with Crippen LogP contribution in [0.1, 0.15) is 20.8 Å². The maximum atomic E-state index is 15.4. The molecule has 0 spiro atoms. The third-order valence-corrected chi connectivity index (χ3v) is 11.3. The normalized spacial score (nSPS) is 11.5. The first-order valence-electron chi connectivity index (χ1n) is 20.1. The van der Waals surface area contributed by atoms with Gasteiger partial charge in [-0.1, -0.05) is 48.5 Å². The van der Waals surface area contributed by atoms with Crippen LogP contribution >= 0.6 is 0 Å². The number of aromatic hydroxyl groups is 1. The Morgan fingerprint density at radius 2 is 0.730 bits per heavy atom. The number of phenolic OH excluding ortho intramolecular Hbond substituents is 1. The fourth-order valence-electron chi connectivity index (χ4n) is 8.03. The molecular formula is C48H18BF20NO4. The van der Waals surface area contributed by atoms with Crippen LogP contribution in [-0.4, -0.2) is 23.0 Å². The summed E-state index contributed by atoms with van der Waals surface area (Å²) in [6.07, 6.45) is -5.50. The number of ether oxygens (including phenoxy) is 1. The summed E-state index contributed by atoms with van der Waals surface area (Å²) in [5, 5.41) is 11.0. The van der Waals surface area contributed by atoms with Crippen molar-refractivity contribution >= 4 is 50.5 Å². The topological polar surface area (TPSA) is 67.5 Å². The van der Waals surface area contributed by atoms with E-state index in [0.29, 0.717) is 22.4 Å². The van der Waals surface area contributed by atoms with Gasteiger partial charge in [0.2, 0.25) is 12.3 Å². The first-order valence-corrected chi connectivity index (χ1v) is 20.1. The summed E-state index contributed by atoms with van der Waals surface area (Å²) >= 11 is 0. The lowest BCUT2D eigenvalue weighted by Gasteiger charge is -2.44. The number of pyridine rings is 1. The maximum Gasteiger partial charge on any atom is 0.409 e. The Hall–Kier alpha value is -8.45. The van der Waals surface area contributed by atoms with Crippen LogP contribution in [0.4, 0.5) is 87.8 Å². The van der Waals surface area contributed by atoms with Gasteiger partial charge in [-0.25, -0.2) is 92.6 Å². The summed E-state index contributed by atoms with van der Waals surface area (Å²) in [4.78, 5) is 25.8. The minimum atomic E-state index is -7.22. The molecule has 0 atom stereocenters. The quantitative estimate of drug-likeness (QED) is 0.0229. The van der Waals surface area contributed by atoms with Gasteiger partial charge in [-0.2, -0.15) is 4.57 Å². The molecule has 0 saturated heterocycles. The van der Waals surface area contributed by atoms with Crippen LogP contribution < -0.4 is 31.2 Å². The highest BCUT2D eigenvalue weighted by atomic mass is 19.2. The predicted molar refractivity (Wildman–Crippen MR) is 217 cm³/mol. The highest BCUT2D eigenvalue weighted by molar-refractivity contribution is 7.20. The van der Waals surface area contributed by atoms with Crippen molar-refractivity contribution in [2.75, 3.05) is 0 Å². The Bertz CT molecular complexity index is 3240. The molecule has 1 N–H and O–H groups in total. The first-order chi connectivity index (χ1) is 34.8. The lowest BCUT2D eigenvalue weighted by Crippen LogP contribution is -2.81. The molecule has 0 fully saturated rings. The number of benzene rings is 7. The number of phenols is 1. The molecule has 8 rings (SSSR count). The Morgan fingerprint density at radius 1 is 0.405 bits per heavy atom. The Balaban J connectivity index is 0.000000237. The van der Waals surface area contributed by atoms with Crippen molar-refractivity contribution in [2.24, 2.45) is 0 Å². The number of carbonyl (C=O) groups is 2. The highest BCUT2D eigenvalue weighted by Crippen LogP contribution is 2.31. The van der Waals surface area contributed by atoms with Crippen LogP contribution in [0.3, 0.4) is 0 Å². The Labute approximate surface area is 398 Å². The van der Waals surface area contributed by atoms with Crippen molar-refractivity contribution in [3.05, 3.63) is 219 Å². The minimum absolute atomic E-state index is 0.00879. The fraction of sp³-hybridized carbons (Fsp3) is 0.0208. The molecule has 0 amide bonds. The summed E-state index contributed by atoms with van der Waals surface area (Å²) < 4.78 is 301. The van der Waals surface area contributed by atoms with Gasteiger partial charge < -0.3 is 9.84 Å². The molecule has 1 heterocycles. The SMILES string of the molecule is Fc1c(F)c(F)c([B-](c2c(F)c(F)c(F)c(F)c2F)(c2c(F)c(F)c(F)c(F)c2F)c2c(F)c(F)c(F)c(F)c2F)c(F)c1F.O=C(C[n+]1ccc2ccccc2c1C(=O)Oc1ccc(O)cc1)c1ccccc1. The molecule has 8 aromatic rings. The minimum Gasteiger partial charge on any atom is -0.508 e. The van der Waals surface area contributed by atoms with Gasteiger partial charge in [0.25, 0.3) is 5.69 Å². The Kier molecular flexibility index (Phi) is 14.6. The predicted octanol–water partition coefficient (Wildman–Crippen LogP) is 9.78. The van der Waals surface area contributed by atoms with Crippen molar-refractivity contribution < 1.29 is 112 Å². The van der Waals surface area contributed by atoms with Gasteiger partial charge in [0.05, 0.1) is 5.39 Å². The molecule has 5 nitrogen and oxygen atoms in total. The molecule has 0 bridgehead atoms. The molecule has 74 heavy (non-hydrogen) atoms. The van der Waals surface area contributed by atoms with Gasteiger partial charge in [0.1, 0.15) is 64.2 Å². The van der Waals surface area contributed by atoms with Crippen LogP contribution in [0.15, 0.2) is 91.1 Å². The van der Waals surface area contributed by atoms with E-state index in [1.54, 1.807) is 35.0 Å². The van der Waals surface area contributed by atoms with Gasteiger partial charge in [-0.05, 0) is 35.7 Å². The number of esters is 1. The second kappa shape index (κ2) is 20.2. The largest absolute Gasteiger partial charge is 0.508 e. The molecule has 0 saturated carbocycles. The van der Waals surface area contributed by atoms with E-state index >= 15 is 35.1 Å². The molecule has 0 aliphatic carbocycles. The van der Waals surface area contributed by atoms with Crippen molar-refractivity contribution in [3.8, 4) is 11.5 Å². The Morgan fingerprint density at radius 3 is 1.09 bits per heavy atom. The van der Waals surface area contributed by atoms with E-state index in [1.807, 2.05) is 36.4 Å². The van der Waals surface area contributed by atoms with Crippen molar-refractivity contribution in [1.82, 2.24) is 0 Å². The van der Waals surface area contributed by atoms with E-state index in [0.717, 1.165) is 5.39 Å². The third-order valence-electron chi connectivity index (χ3n) is 11.3. The summed E-state index contributed by atoms with van der Waals surface area (Å²) in [5.74, 6) is -71.7. The molecular weight excluding hydrogens is 1050 g/mol. The molecule has 7 aromatic carbocycles. The van der Waals surface area contributed by atoms with Gasteiger partial charge in [0, 0.05) is 11.6 Å². The molecule has 26 heteroatoms. The molecule has 382 valence electrons. The van der Waals surface area contributed by atoms with E-state index in [-0.39, 0.29) is 18.1 Å². The number of rotatable bonds is 9. The van der Waals surface area contributed by atoms with Crippen molar-refractivity contribution in [1.29, 1.82) is 0 Å². The fourth-order valence-corrected chi connectivity index (χ4v) is 8.03. The summed E-state index contributed by atoms with van der Waals surface area (Å²) in [5.41, 5.74) is -13.5. The van der Waals surface area contributed by atoms with E-state index < -0.39 is 150 Å². The van der Waals surface area contributed by atoms with Crippen molar-refractivity contribution in [3.63, 3.8) is 0 Å². The highest BCUT2D eigenvalue weighted by Gasteiger charge is 2.52. The number of carbonyl (C=O) groups excluding carboxylic acids is 2. The molecule has 0 radical (unpaired) electrons. The van der Waals surface area contributed by atoms with Crippen LogP contribution in [0, 0.1) is 116 Å². The number of ketones is 1. The van der Waals surface area contributed by atoms with Crippen LogP contribution in [-0.2, 0) is 6.54 Å². The number of nitrogens with zero attached hydrogens (tertiary/aromatic N) is 1. The van der Waals surface area contributed by atoms with Gasteiger partial charge in [-0.3, -0.25) is 4.79 Å². The van der Waals surface area contributed by atoms with Gasteiger partial charge in [0.15, 0.2) is 76.0 Å². The summed E-state index contributed by atoms with van der Waals surface area (Å²) in [6, 6.07) is 24.2. The number of Topliss-reactive ketones (excluding diaryl/α,β-unsaturated/α-hetero) is 1. The third kappa shape index (κ3) is 8.65. The van der Waals surface area contributed by atoms with Gasteiger partial charge >= 0.3 is 5.97 Å². The number of halogens is 20. The summed E-state index contributed by atoms with van der Waals surface area (Å²) in [7, 11) is 0. The van der Waals surface area contributed by atoms with E-state index in [9.17, 15) is 67.4 Å². The zero-order valence-corrected chi connectivity index (χ0v) is 35.6. The summed E-state index contributed by atoms with van der Waals surface area (Å²) in [6.45, 7) is 0.00879. The smallest absolute Gasteiger partial charge is 0.409 e. The average Bonchev–Trinajstić information content (AvgIpc) is 3.39. The van der Waals surface area contributed by atoms with E-state index in [1.165, 1.54) is 24.3 Å². The average molecular weight is 1060 g/mol. The zero-order valence-electron chi connectivity index (χ0n) is 35.6.